The molecule has 0 atom stereocenters. The monoisotopic (exact) mass is 906 g/mol. The zero-order chi connectivity index (χ0) is 47.7. The number of rotatable bonds is 9. The summed E-state index contributed by atoms with van der Waals surface area (Å²) in [6.07, 6.45) is 0. The molecule has 0 bridgehead atoms. The lowest BCUT2D eigenvalue weighted by Crippen LogP contribution is -2.04. The first-order chi connectivity index (χ1) is 35.1. The molecule has 0 radical (unpaired) electrons. The van der Waals surface area contributed by atoms with Crippen molar-refractivity contribution < 1.29 is 0 Å². The highest BCUT2D eigenvalue weighted by Gasteiger charge is 2.23. The first-order valence-corrected chi connectivity index (χ1v) is 23.2. The van der Waals surface area contributed by atoms with E-state index in [1.165, 1.54) is 0 Å². The van der Waals surface area contributed by atoms with Crippen LogP contribution in [0, 0.1) is 17.9 Å². The van der Waals surface area contributed by atoms with Crippen LogP contribution < -0.4 is 0 Å². The van der Waals surface area contributed by atoms with E-state index in [-0.39, 0.29) is 0 Å². The van der Waals surface area contributed by atoms with Crippen LogP contribution in [0.4, 0.5) is 5.69 Å². The van der Waals surface area contributed by atoms with Gasteiger partial charge in [-0.1, -0.05) is 176 Å². The normalized spacial score (nSPS) is 11.1. The number of nitriles is 1. The fourth-order valence-electron chi connectivity index (χ4n) is 9.33. The second-order valence-corrected chi connectivity index (χ2v) is 17.0. The Bertz CT molecular complexity index is 3830. The van der Waals surface area contributed by atoms with Crippen LogP contribution in [0.5, 0.6) is 0 Å². The highest BCUT2D eigenvalue weighted by atomic mass is 15.0. The first kappa shape index (κ1) is 42.2. The molecule has 0 saturated heterocycles. The molecule has 0 spiro atoms. The van der Waals surface area contributed by atoms with Crippen molar-refractivity contribution in [3.05, 3.63) is 248 Å². The third kappa shape index (κ3) is 7.94. The molecule has 0 unspecified atom stereocenters. The van der Waals surface area contributed by atoms with Crippen molar-refractivity contribution >= 4 is 27.5 Å². The van der Waals surface area contributed by atoms with E-state index < -0.39 is 0 Å². The average molecular weight is 907 g/mol. The van der Waals surface area contributed by atoms with Gasteiger partial charge in [-0.15, -0.1) is 0 Å². The van der Waals surface area contributed by atoms with Gasteiger partial charge < -0.3 is 4.57 Å². The summed E-state index contributed by atoms with van der Waals surface area (Å²) in [5.74, 6) is 2.13. The zero-order valence-corrected chi connectivity index (χ0v) is 38.0. The summed E-state index contributed by atoms with van der Waals surface area (Å²) in [6.45, 7) is 8.01. The van der Waals surface area contributed by atoms with Crippen molar-refractivity contribution in [1.29, 1.82) is 5.26 Å². The molecule has 9 aromatic carbocycles. The average Bonchev–Trinajstić information content (AvgIpc) is 3.78. The summed E-state index contributed by atoms with van der Waals surface area (Å²) < 4.78 is 2.27. The smallest absolute Gasteiger partial charge is 0.194 e. The van der Waals surface area contributed by atoms with Crippen molar-refractivity contribution in [1.82, 2.24) is 29.5 Å². The van der Waals surface area contributed by atoms with Gasteiger partial charge in [-0.05, 0) is 76.9 Å². The number of benzene rings is 9. The zero-order valence-electron chi connectivity index (χ0n) is 38.0. The molecular weight excluding hydrogens is 869 g/mol. The third-order valence-corrected chi connectivity index (χ3v) is 12.8. The number of hydrogen-bond donors (Lipinski definition) is 0. The van der Waals surface area contributed by atoms with Gasteiger partial charge in [0, 0.05) is 44.2 Å². The van der Waals surface area contributed by atoms with Crippen molar-refractivity contribution in [3.63, 3.8) is 0 Å². The SMILES string of the molecule is [C-]#[N+]c1ccccc1-c1ccc2c(c1)c1cc(-c3ccccc3C#N)ccc1n2-c1ccc(-c2nc(-c3ccccc3)nc(-c3ccccc3)n2)cc1-c1nc(-c2ccccc2)cc(-c2ccccc2)n1. The highest BCUT2D eigenvalue weighted by molar-refractivity contribution is 6.12. The maximum atomic E-state index is 10.2. The molecule has 3 aromatic heterocycles. The summed E-state index contributed by atoms with van der Waals surface area (Å²) in [7, 11) is 0. The molecule has 330 valence electrons. The van der Waals surface area contributed by atoms with E-state index in [0.29, 0.717) is 34.5 Å². The van der Waals surface area contributed by atoms with Gasteiger partial charge in [-0.2, -0.15) is 5.26 Å². The number of fused-ring (bicyclic) bond motifs is 3. The number of nitrogens with zero attached hydrogens (tertiary/aromatic N) is 8. The van der Waals surface area contributed by atoms with Crippen molar-refractivity contribution in [2.75, 3.05) is 0 Å². The number of hydrogen-bond acceptors (Lipinski definition) is 6. The molecule has 0 amide bonds. The van der Waals surface area contributed by atoms with Crippen LogP contribution in [0.25, 0.3) is 123 Å². The van der Waals surface area contributed by atoms with Crippen molar-refractivity contribution in [3.8, 4) is 102 Å². The maximum Gasteiger partial charge on any atom is 0.194 e. The van der Waals surface area contributed by atoms with E-state index in [0.717, 1.165) is 94.5 Å². The summed E-state index contributed by atoms with van der Waals surface area (Å²) in [5.41, 5.74) is 14.1. The molecule has 12 aromatic rings. The van der Waals surface area contributed by atoms with Gasteiger partial charge in [0.1, 0.15) is 0 Å². The quantitative estimate of drug-likeness (QED) is 0.134. The van der Waals surface area contributed by atoms with Crippen molar-refractivity contribution in [2.24, 2.45) is 0 Å². The lowest BCUT2D eigenvalue weighted by molar-refractivity contribution is 1.07. The van der Waals surface area contributed by atoms with Gasteiger partial charge in [-0.25, -0.2) is 29.8 Å². The Balaban J connectivity index is 1.16. The van der Waals surface area contributed by atoms with E-state index in [2.05, 4.69) is 94.3 Å². The predicted molar refractivity (Wildman–Crippen MR) is 284 cm³/mol. The third-order valence-electron chi connectivity index (χ3n) is 12.8. The van der Waals surface area contributed by atoms with Gasteiger partial charge >= 0.3 is 0 Å². The number of para-hydroxylation sites is 1. The van der Waals surface area contributed by atoms with Crippen LogP contribution >= 0.6 is 0 Å². The Morgan fingerprint density at radius 1 is 0.366 bits per heavy atom. The minimum absolute atomic E-state index is 0.499. The minimum Gasteiger partial charge on any atom is -0.308 e. The van der Waals surface area contributed by atoms with E-state index in [1.807, 2.05) is 152 Å². The fraction of sp³-hybridized carbons (Fsp3) is 0. The molecule has 0 fully saturated rings. The van der Waals surface area contributed by atoms with E-state index in [9.17, 15) is 5.26 Å². The molecule has 3 heterocycles. The van der Waals surface area contributed by atoms with Gasteiger partial charge in [-0.3, -0.25) is 0 Å². The van der Waals surface area contributed by atoms with Gasteiger partial charge in [0.05, 0.1) is 46.3 Å². The Hall–Kier alpha value is -10.2. The molecule has 0 saturated carbocycles. The van der Waals surface area contributed by atoms with E-state index in [1.54, 1.807) is 0 Å². The molecule has 0 aliphatic rings. The second kappa shape index (κ2) is 18.2. The largest absolute Gasteiger partial charge is 0.308 e. The first-order valence-electron chi connectivity index (χ1n) is 23.2. The standard InChI is InChI=1S/C63H38N8/c1-65-54-29-17-16-28-50(54)46-31-34-58-52(37-46)51-36-45(49-27-15-14-26-48(49)40-64)30-33-57(51)71(58)59-35-32-47(62-69-60(43-22-10-4-11-23-43)68-61(70-62)44-24-12-5-13-25-44)38-53(59)63-66-55(41-18-6-2-7-19-41)39-56(67-63)42-20-8-3-9-21-42/h2-39H. The molecule has 0 aliphatic carbocycles. The van der Waals surface area contributed by atoms with Crippen LogP contribution in [0.15, 0.2) is 231 Å². The van der Waals surface area contributed by atoms with Crippen LogP contribution in [-0.4, -0.2) is 29.5 Å². The number of aromatic nitrogens is 6. The molecule has 8 nitrogen and oxygen atoms in total. The molecule has 71 heavy (non-hydrogen) atoms. The molecule has 0 N–H and O–H groups in total. The molecular formula is C63H38N8. The van der Waals surface area contributed by atoms with Crippen LogP contribution in [0.3, 0.4) is 0 Å². The van der Waals surface area contributed by atoms with E-state index >= 15 is 0 Å². The summed E-state index contributed by atoms with van der Waals surface area (Å²) in [5, 5.41) is 12.2. The topological polar surface area (TPSA) is 97.5 Å². The minimum atomic E-state index is 0.499. The lowest BCUT2D eigenvalue weighted by Gasteiger charge is -2.17. The molecule has 12 rings (SSSR count). The van der Waals surface area contributed by atoms with E-state index in [4.69, 9.17) is 31.5 Å². The molecule has 8 heteroatoms. The van der Waals surface area contributed by atoms with Crippen molar-refractivity contribution in [2.45, 2.75) is 0 Å². The maximum absolute atomic E-state index is 10.2. The van der Waals surface area contributed by atoms with Gasteiger partial charge in [0.25, 0.3) is 0 Å². The van der Waals surface area contributed by atoms with Gasteiger partial charge in [0.15, 0.2) is 29.0 Å². The van der Waals surface area contributed by atoms with Crippen LogP contribution in [-0.2, 0) is 0 Å². The summed E-state index contributed by atoms with van der Waals surface area (Å²) in [6, 6.07) is 79.2. The Kier molecular flexibility index (Phi) is 10.8. The summed E-state index contributed by atoms with van der Waals surface area (Å²) in [4.78, 5) is 30.0. The predicted octanol–water partition coefficient (Wildman–Crippen LogP) is 15.5. The highest BCUT2D eigenvalue weighted by Crippen LogP contribution is 2.42. The Morgan fingerprint density at radius 3 is 1.35 bits per heavy atom. The molecule has 0 aliphatic heterocycles. The summed E-state index contributed by atoms with van der Waals surface area (Å²) >= 11 is 0. The fourth-order valence-corrected chi connectivity index (χ4v) is 9.33. The Morgan fingerprint density at radius 2 is 0.817 bits per heavy atom. The lowest BCUT2D eigenvalue weighted by atomic mass is 9.97. The second-order valence-electron chi connectivity index (χ2n) is 17.0. The van der Waals surface area contributed by atoms with Crippen LogP contribution in [0.1, 0.15) is 5.56 Å². The van der Waals surface area contributed by atoms with Gasteiger partial charge in [0.2, 0.25) is 0 Å². The Labute approximate surface area is 410 Å². The van der Waals surface area contributed by atoms with Crippen LogP contribution in [0.2, 0.25) is 0 Å².